The molecule has 0 amide bonds. The molecule has 2 aromatic rings. The molecule has 5 heteroatoms. The van der Waals surface area contributed by atoms with Gasteiger partial charge in [0.2, 0.25) is 0 Å². The lowest BCUT2D eigenvalue weighted by Crippen LogP contribution is -2.17. The lowest BCUT2D eigenvalue weighted by atomic mass is 10.1. The molecule has 5 nitrogen and oxygen atoms in total. The van der Waals surface area contributed by atoms with E-state index < -0.39 is 5.56 Å². The Kier molecular flexibility index (Phi) is 4.52. The highest BCUT2D eigenvalue weighted by molar-refractivity contribution is 5.94. The summed E-state index contributed by atoms with van der Waals surface area (Å²) in [4.78, 5) is 23.0. The van der Waals surface area contributed by atoms with Gasteiger partial charge in [-0.25, -0.2) is 5.10 Å². The van der Waals surface area contributed by atoms with Crippen molar-refractivity contribution in [3.8, 4) is 17.0 Å². The van der Waals surface area contributed by atoms with E-state index >= 15 is 0 Å². The number of Topliss-reactive ketones (excluding diaryl/α,β-unsaturated/α-hetero) is 1. The number of nitrogens with zero attached hydrogens (tertiary/aromatic N) is 1. The van der Waals surface area contributed by atoms with Gasteiger partial charge in [-0.3, -0.25) is 9.59 Å². The van der Waals surface area contributed by atoms with Gasteiger partial charge in [-0.2, -0.15) is 5.10 Å². The summed E-state index contributed by atoms with van der Waals surface area (Å²) in [5, 5.41) is 6.37. The minimum atomic E-state index is -0.480. The maximum absolute atomic E-state index is 11.6. The lowest BCUT2D eigenvalue weighted by Gasteiger charge is -2.12. The normalized spacial score (nSPS) is 10.7. The molecule has 0 aliphatic rings. The van der Waals surface area contributed by atoms with Crippen LogP contribution < -0.4 is 10.3 Å². The highest BCUT2D eigenvalue weighted by Crippen LogP contribution is 2.28. The Morgan fingerprint density at radius 2 is 2.05 bits per heavy atom. The molecule has 0 fully saturated rings. The van der Waals surface area contributed by atoms with Gasteiger partial charge in [0.1, 0.15) is 5.75 Å². The van der Waals surface area contributed by atoms with Crippen molar-refractivity contribution in [1.29, 1.82) is 0 Å². The van der Waals surface area contributed by atoms with Crippen LogP contribution in [0.15, 0.2) is 35.1 Å². The third-order valence-corrected chi connectivity index (χ3v) is 2.92. The van der Waals surface area contributed by atoms with Crippen molar-refractivity contribution < 1.29 is 9.53 Å². The largest absolute Gasteiger partial charge is 0.493 e. The Morgan fingerprint density at radius 1 is 1.33 bits per heavy atom. The molecule has 21 heavy (non-hydrogen) atoms. The van der Waals surface area contributed by atoms with E-state index in [0.717, 1.165) is 5.56 Å². The summed E-state index contributed by atoms with van der Waals surface area (Å²) in [5.74, 6) is 0.787. The van der Waals surface area contributed by atoms with Gasteiger partial charge < -0.3 is 4.74 Å². The van der Waals surface area contributed by atoms with Crippen LogP contribution in [-0.2, 0) is 0 Å². The maximum Gasteiger partial charge on any atom is 0.275 e. The molecule has 2 rings (SSSR count). The van der Waals surface area contributed by atoms with E-state index in [2.05, 4.69) is 24.0 Å². The minimum Gasteiger partial charge on any atom is -0.493 e. The molecule has 0 spiro atoms. The van der Waals surface area contributed by atoms with Crippen molar-refractivity contribution in [3.05, 3.63) is 46.2 Å². The van der Waals surface area contributed by atoms with Gasteiger partial charge in [-0.15, -0.1) is 0 Å². The Bertz CT molecular complexity index is 705. The fourth-order valence-electron chi connectivity index (χ4n) is 1.87. The number of ketones is 1. The molecule has 110 valence electrons. The molecule has 0 bridgehead atoms. The summed E-state index contributed by atoms with van der Waals surface area (Å²) in [6.45, 7) is 6.07. The number of hydrogen-bond donors (Lipinski definition) is 1. The SMILES string of the molecule is CC(=O)c1cc(-c2ccccc2OCC(C)C)n[nH]c1=O. The van der Waals surface area contributed by atoms with E-state index in [1.165, 1.54) is 13.0 Å². The molecule has 1 heterocycles. The van der Waals surface area contributed by atoms with Crippen LogP contribution in [0.3, 0.4) is 0 Å². The summed E-state index contributed by atoms with van der Waals surface area (Å²) in [5.41, 5.74) is 0.876. The predicted octanol–water partition coefficient (Wildman–Crippen LogP) is 2.67. The zero-order valence-corrected chi connectivity index (χ0v) is 12.3. The highest BCUT2D eigenvalue weighted by Gasteiger charge is 2.12. The van der Waals surface area contributed by atoms with E-state index in [-0.39, 0.29) is 11.3 Å². The number of benzene rings is 1. The van der Waals surface area contributed by atoms with Crippen LogP contribution in [0.4, 0.5) is 0 Å². The van der Waals surface area contributed by atoms with Crippen LogP contribution >= 0.6 is 0 Å². The molecule has 0 saturated heterocycles. The fourth-order valence-corrected chi connectivity index (χ4v) is 1.87. The van der Waals surface area contributed by atoms with E-state index in [9.17, 15) is 9.59 Å². The molecule has 0 saturated carbocycles. The van der Waals surface area contributed by atoms with Gasteiger partial charge >= 0.3 is 0 Å². The summed E-state index contributed by atoms with van der Waals surface area (Å²) in [6, 6.07) is 8.92. The Hall–Kier alpha value is -2.43. The van der Waals surface area contributed by atoms with Gasteiger partial charge in [0.25, 0.3) is 5.56 Å². The van der Waals surface area contributed by atoms with E-state index in [1.54, 1.807) is 0 Å². The van der Waals surface area contributed by atoms with Crippen LogP contribution in [0.25, 0.3) is 11.3 Å². The van der Waals surface area contributed by atoms with Crippen LogP contribution in [0.5, 0.6) is 5.75 Å². The lowest BCUT2D eigenvalue weighted by molar-refractivity contribution is 0.101. The zero-order chi connectivity index (χ0) is 15.4. The topological polar surface area (TPSA) is 72.0 Å². The summed E-state index contributed by atoms with van der Waals surface area (Å²) in [6.07, 6.45) is 0. The van der Waals surface area contributed by atoms with Crippen molar-refractivity contribution >= 4 is 5.78 Å². The molecule has 0 radical (unpaired) electrons. The Morgan fingerprint density at radius 3 is 2.71 bits per heavy atom. The first kappa shape index (κ1) is 15.0. The summed E-state index contributed by atoms with van der Waals surface area (Å²) in [7, 11) is 0. The molecule has 0 unspecified atom stereocenters. The van der Waals surface area contributed by atoms with Crippen LogP contribution in [-0.4, -0.2) is 22.6 Å². The number of aromatic nitrogens is 2. The quantitative estimate of drug-likeness (QED) is 0.858. The smallest absolute Gasteiger partial charge is 0.275 e. The van der Waals surface area contributed by atoms with Crippen molar-refractivity contribution in [2.75, 3.05) is 6.61 Å². The van der Waals surface area contributed by atoms with Gasteiger partial charge in [0.05, 0.1) is 17.9 Å². The standard InChI is InChI=1S/C16H18N2O3/c1-10(2)9-21-15-7-5-4-6-12(15)14-8-13(11(3)19)16(20)18-17-14/h4-8,10H,9H2,1-3H3,(H,18,20). The van der Waals surface area contributed by atoms with E-state index in [4.69, 9.17) is 4.74 Å². The van der Waals surface area contributed by atoms with Gasteiger partial charge in [0.15, 0.2) is 5.78 Å². The summed E-state index contributed by atoms with van der Waals surface area (Å²) >= 11 is 0. The highest BCUT2D eigenvalue weighted by atomic mass is 16.5. The molecule has 1 aromatic heterocycles. The molecule has 0 aliphatic carbocycles. The van der Waals surface area contributed by atoms with Crippen LogP contribution in [0.2, 0.25) is 0 Å². The van der Waals surface area contributed by atoms with Gasteiger partial charge in [-0.1, -0.05) is 26.0 Å². The van der Waals surface area contributed by atoms with Crippen LogP contribution in [0, 0.1) is 5.92 Å². The summed E-state index contributed by atoms with van der Waals surface area (Å²) < 4.78 is 5.77. The third kappa shape index (κ3) is 3.56. The van der Waals surface area contributed by atoms with Crippen molar-refractivity contribution in [2.24, 2.45) is 5.92 Å². The number of hydrogen-bond acceptors (Lipinski definition) is 4. The second kappa shape index (κ2) is 6.35. The molecule has 1 N–H and O–H groups in total. The second-order valence-electron chi connectivity index (χ2n) is 5.25. The Balaban J connectivity index is 2.44. The molecular weight excluding hydrogens is 268 g/mol. The average molecular weight is 286 g/mol. The molecule has 1 aromatic carbocycles. The first-order valence-corrected chi connectivity index (χ1v) is 6.82. The second-order valence-corrected chi connectivity index (χ2v) is 5.25. The number of rotatable bonds is 5. The number of nitrogens with one attached hydrogen (secondary N) is 1. The number of ether oxygens (including phenoxy) is 1. The first-order valence-electron chi connectivity index (χ1n) is 6.82. The average Bonchev–Trinajstić information content (AvgIpc) is 2.45. The van der Waals surface area contributed by atoms with E-state index in [0.29, 0.717) is 24.0 Å². The van der Waals surface area contributed by atoms with Gasteiger partial charge in [0, 0.05) is 5.56 Å². The first-order chi connectivity index (χ1) is 9.99. The Labute approximate surface area is 123 Å². The van der Waals surface area contributed by atoms with Crippen molar-refractivity contribution in [2.45, 2.75) is 20.8 Å². The number of aromatic amines is 1. The van der Waals surface area contributed by atoms with E-state index in [1.807, 2.05) is 24.3 Å². The zero-order valence-electron chi connectivity index (χ0n) is 12.3. The molecule has 0 atom stereocenters. The molecular formula is C16H18N2O3. The predicted molar refractivity (Wildman–Crippen MR) is 80.6 cm³/mol. The maximum atomic E-state index is 11.6. The van der Waals surface area contributed by atoms with Crippen molar-refractivity contribution in [3.63, 3.8) is 0 Å². The number of carbonyl (C=O) groups is 1. The van der Waals surface area contributed by atoms with Crippen LogP contribution in [0.1, 0.15) is 31.1 Å². The molecule has 0 aliphatic heterocycles. The number of carbonyl (C=O) groups excluding carboxylic acids is 1. The monoisotopic (exact) mass is 286 g/mol. The van der Waals surface area contributed by atoms with Gasteiger partial charge in [-0.05, 0) is 31.0 Å². The van der Waals surface area contributed by atoms with Crippen molar-refractivity contribution in [1.82, 2.24) is 10.2 Å². The minimum absolute atomic E-state index is 0.0960. The third-order valence-electron chi connectivity index (χ3n) is 2.92. The number of H-pyrrole nitrogens is 1. The number of para-hydroxylation sites is 1. The fraction of sp³-hybridized carbons (Fsp3) is 0.312.